The van der Waals surface area contributed by atoms with E-state index in [2.05, 4.69) is 15.0 Å². The maximum Gasteiger partial charge on any atom is 0.327 e. The summed E-state index contributed by atoms with van der Waals surface area (Å²) in [5.74, 6) is -0.248. The fraction of sp³-hybridized carbons (Fsp3) is 0.263. The Morgan fingerprint density at radius 3 is 2.54 bits per heavy atom. The smallest absolute Gasteiger partial charge is 0.327 e. The first-order valence-corrected chi connectivity index (χ1v) is 8.38. The van der Waals surface area contributed by atoms with Gasteiger partial charge >= 0.3 is 5.69 Å². The monoisotopic (exact) mass is 352 g/mol. The Hall–Kier alpha value is -3.22. The van der Waals surface area contributed by atoms with Crippen LogP contribution in [-0.4, -0.2) is 32.3 Å². The van der Waals surface area contributed by atoms with Gasteiger partial charge in [-0.2, -0.15) is 0 Å². The lowest BCUT2D eigenvalue weighted by atomic mass is 10.1. The molecule has 1 aromatic carbocycles. The topological polar surface area (TPSA) is 98.9 Å². The highest BCUT2D eigenvalue weighted by atomic mass is 16.2. The minimum absolute atomic E-state index is 0.119. The van der Waals surface area contributed by atoms with E-state index in [-0.39, 0.29) is 22.6 Å². The van der Waals surface area contributed by atoms with Crippen LogP contribution in [0.4, 0.5) is 0 Å². The minimum Gasteiger partial charge on any atom is -0.333 e. The van der Waals surface area contributed by atoms with Gasteiger partial charge in [0.2, 0.25) is 0 Å². The molecule has 0 atom stereocenters. The molecule has 0 spiro atoms. The minimum atomic E-state index is -0.647. The zero-order valence-corrected chi connectivity index (χ0v) is 14.9. The Morgan fingerprint density at radius 2 is 1.85 bits per heavy atom. The molecule has 0 saturated carbocycles. The Bertz CT molecular complexity index is 1100. The summed E-state index contributed by atoms with van der Waals surface area (Å²) in [6.07, 6.45) is 0. The maximum absolute atomic E-state index is 12.9. The van der Waals surface area contributed by atoms with E-state index in [4.69, 9.17) is 0 Å². The Kier molecular flexibility index (Phi) is 4.71. The number of nitrogens with one attached hydrogen (secondary N) is 2. The van der Waals surface area contributed by atoms with Crippen LogP contribution in [0.1, 0.15) is 34.1 Å². The van der Waals surface area contributed by atoms with E-state index in [1.165, 1.54) is 0 Å². The van der Waals surface area contributed by atoms with Gasteiger partial charge in [-0.25, -0.2) is 9.78 Å². The summed E-state index contributed by atoms with van der Waals surface area (Å²) < 4.78 is 0. The Balaban J connectivity index is 2.01. The third-order valence-electron chi connectivity index (χ3n) is 4.41. The van der Waals surface area contributed by atoms with Gasteiger partial charge in [-0.1, -0.05) is 24.3 Å². The summed E-state index contributed by atoms with van der Waals surface area (Å²) in [5, 5.41) is 0.281. The second-order valence-electron chi connectivity index (χ2n) is 6.20. The van der Waals surface area contributed by atoms with E-state index >= 15 is 0 Å². The van der Waals surface area contributed by atoms with Crippen LogP contribution in [0.15, 0.2) is 39.9 Å². The molecule has 0 fully saturated rings. The van der Waals surface area contributed by atoms with Crippen LogP contribution in [0.3, 0.4) is 0 Å². The average Bonchev–Trinajstić information content (AvgIpc) is 2.59. The first-order chi connectivity index (χ1) is 12.4. The Labute approximate surface area is 149 Å². The number of H-pyrrole nitrogens is 2. The van der Waals surface area contributed by atoms with Crippen LogP contribution in [-0.2, 0) is 6.54 Å². The van der Waals surface area contributed by atoms with E-state index in [1.807, 2.05) is 38.1 Å². The first-order valence-electron chi connectivity index (χ1n) is 8.38. The molecule has 3 rings (SSSR count). The number of amides is 1. The van der Waals surface area contributed by atoms with Crippen molar-refractivity contribution in [3.8, 4) is 0 Å². The highest BCUT2D eigenvalue weighted by molar-refractivity contribution is 5.95. The molecule has 2 aromatic heterocycles. The number of carbonyl (C=O) groups excluding carboxylic acids is 1. The molecule has 0 aliphatic carbocycles. The average molecular weight is 352 g/mol. The standard InChI is InChI=1S/C19H20N4O3/c1-4-23(10-13-8-6-5-7-11(13)2)18(25)14-9-12(3)15-16(20-14)21-19(26)22-17(15)24/h5-9H,4,10H2,1-3H3,(H2,20,21,22,24,26). The van der Waals surface area contributed by atoms with Crippen LogP contribution >= 0.6 is 0 Å². The molecule has 0 aliphatic rings. The summed E-state index contributed by atoms with van der Waals surface area (Å²) in [6, 6.07) is 9.47. The normalized spacial score (nSPS) is 10.9. The van der Waals surface area contributed by atoms with Crippen molar-refractivity contribution < 1.29 is 4.79 Å². The van der Waals surface area contributed by atoms with E-state index in [1.54, 1.807) is 17.9 Å². The highest BCUT2D eigenvalue weighted by Crippen LogP contribution is 2.15. The van der Waals surface area contributed by atoms with Crippen LogP contribution < -0.4 is 11.2 Å². The second kappa shape index (κ2) is 6.95. The first kappa shape index (κ1) is 17.6. The van der Waals surface area contributed by atoms with Crippen LogP contribution in [0.25, 0.3) is 11.0 Å². The summed E-state index contributed by atoms with van der Waals surface area (Å²) in [4.78, 5) is 47.0. The third kappa shape index (κ3) is 3.28. The quantitative estimate of drug-likeness (QED) is 0.749. The molecular weight excluding hydrogens is 332 g/mol. The molecule has 2 N–H and O–H groups in total. The van der Waals surface area contributed by atoms with Gasteiger partial charge in [-0.15, -0.1) is 0 Å². The van der Waals surface area contributed by atoms with Crippen molar-refractivity contribution in [2.45, 2.75) is 27.3 Å². The van der Waals surface area contributed by atoms with Crippen molar-refractivity contribution in [3.05, 3.63) is 73.6 Å². The molecule has 3 aromatic rings. The lowest BCUT2D eigenvalue weighted by Crippen LogP contribution is -2.32. The van der Waals surface area contributed by atoms with Gasteiger partial charge in [0.1, 0.15) is 11.3 Å². The molecule has 0 unspecified atom stereocenters. The number of fused-ring (bicyclic) bond motifs is 1. The summed E-state index contributed by atoms with van der Waals surface area (Å²) >= 11 is 0. The lowest BCUT2D eigenvalue weighted by Gasteiger charge is -2.22. The van der Waals surface area contributed by atoms with Gasteiger partial charge in [0.25, 0.3) is 11.5 Å². The number of hydrogen-bond donors (Lipinski definition) is 2. The zero-order chi connectivity index (χ0) is 18.8. The van der Waals surface area contributed by atoms with Crippen LogP contribution in [0.5, 0.6) is 0 Å². The fourth-order valence-corrected chi connectivity index (χ4v) is 2.95. The third-order valence-corrected chi connectivity index (χ3v) is 4.41. The molecule has 0 bridgehead atoms. The molecule has 7 heteroatoms. The zero-order valence-electron chi connectivity index (χ0n) is 14.9. The summed E-state index contributed by atoms with van der Waals surface area (Å²) in [5.41, 5.74) is 1.91. The molecule has 7 nitrogen and oxygen atoms in total. The van der Waals surface area contributed by atoms with Gasteiger partial charge in [-0.3, -0.25) is 19.6 Å². The molecule has 1 amide bonds. The fourth-order valence-electron chi connectivity index (χ4n) is 2.95. The predicted molar refractivity (Wildman–Crippen MR) is 99.3 cm³/mol. The van der Waals surface area contributed by atoms with Crippen molar-refractivity contribution in [3.63, 3.8) is 0 Å². The number of carbonyl (C=O) groups is 1. The molecule has 0 saturated heterocycles. The van der Waals surface area contributed by atoms with Gasteiger partial charge in [0.15, 0.2) is 0 Å². The van der Waals surface area contributed by atoms with Crippen molar-refractivity contribution in [2.75, 3.05) is 6.54 Å². The van der Waals surface area contributed by atoms with Crippen molar-refractivity contribution in [1.82, 2.24) is 19.9 Å². The van der Waals surface area contributed by atoms with Gasteiger partial charge in [0.05, 0.1) is 5.39 Å². The van der Waals surface area contributed by atoms with Gasteiger partial charge < -0.3 is 4.90 Å². The van der Waals surface area contributed by atoms with Crippen LogP contribution in [0.2, 0.25) is 0 Å². The molecule has 0 radical (unpaired) electrons. The number of aryl methyl sites for hydroxylation is 2. The van der Waals surface area contributed by atoms with Gasteiger partial charge in [0, 0.05) is 13.1 Å². The van der Waals surface area contributed by atoms with Crippen molar-refractivity contribution >= 4 is 16.9 Å². The predicted octanol–water partition coefficient (Wildman–Crippen LogP) is 1.89. The van der Waals surface area contributed by atoms with Crippen molar-refractivity contribution in [2.24, 2.45) is 0 Å². The van der Waals surface area contributed by atoms with E-state index < -0.39 is 11.2 Å². The number of rotatable bonds is 4. The van der Waals surface area contributed by atoms with E-state index in [0.717, 1.165) is 11.1 Å². The second-order valence-corrected chi connectivity index (χ2v) is 6.20. The van der Waals surface area contributed by atoms with Crippen LogP contribution in [0, 0.1) is 13.8 Å². The number of pyridine rings is 1. The summed E-state index contributed by atoms with van der Waals surface area (Å²) in [6.45, 7) is 6.59. The largest absolute Gasteiger partial charge is 0.333 e. The molecule has 134 valence electrons. The number of aromatic amines is 2. The number of hydrogen-bond acceptors (Lipinski definition) is 4. The molecular formula is C19H20N4O3. The SMILES string of the molecule is CCN(Cc1ccccc1C)C(=O)c1cc(C)c2c(=O)[nH]c(=O)[nH]c2n1. The van der Waals surface area contributed by atoms with E-state index in [9.17, 15) is 14.4 Å². The molecule has 2 heterocycles. The van der Waals surface area contributed by atoms with E-state index in [0.29, 0.717) is 18.7 Å². The van der Waals surface area contributed by atoms with Gasteiger partial charge in [-0.05, 0) is 43.5 Å². The summed E-state index contributed by atoms with van der Waals surface area (Å²) in [7, 11) is 0. The Morgan fingerprint density at radius 1 is 1.12 bits per heavy atom. The number of nitrogens with zero attached hydrogens (tertiary/aromatic N) is 2. The maximum atomic E-state index is 12.9. The molecule has 26 heavy (non-hydrogen) atoms. The van der Waals surface area contributed by atoms with Crippen molar-refractivity contribution in [1.29, 1.82) is 0 Å². The number of aromatic nitrogens is 3. The molecule has 0 aliphatic heterocycles. The lowest BCUT2D eigenvalue weighted by molar-refractivity contribution is 0.0746. The number of benzene rings is 1. The highest BCUT2D eigenvalue weighted by Gasteiger charge is 2.19.